The molecule has 1 aliphatic rings. The Balaban J connectivity index is 1.40. The van der Waals surface area contributed by atoms with Crippen molar-refractivity contribution in [3.63, 3.8) is 0 Å². The van der Waals surface area contributed by atoms with Gasteiger partial charge in [0.05, 0.1) is 19.9 Å². The number of piperazine rings is 1. The predicted octanol–water partition coefficient (Wildman–Crippen LogP) is 4.04. The average Bonchev–Trinajstić information content (AvgIpc) is 3.28. The molecular weight excluding hydrogens is 414 g/mol. The van der Waals surface area contributed by atoms with Gasteiger partial charge >= 0.3 is 0 Å². The van der Waals surface area contributed by atoms with E-state index in [0.717, 1.165) is 61.1 Å². The summed E-state index contributed by atoms with van der Waals surface area (Å²) < 4.78 is 12.8. The number of fused-ring (bicyclic) bond motifs is 1. The van der Waals surface area contributed by atoms with Gasteiger partial charge in [0.1, 0.15) is 5.82 Å². The van der Waals surface area contributed by atoms with E-state index in [9.17, 15) is 0 Å². The maximum atomic E-state index is 5.47. The number of aryl methyl sites for hydroxylation is 1. The molecule has 0 unspecified atom stereocenters. The Labute approximate surface area is 194 Å². The lowest BCUT2D eigenvalue weighted by Gasteiger charge is -2.36. The quantitative estimate of drug-likeness (QED) is 0.448. The van der Waals surface area contributed by atoms with Crippen LogP contribution in [0.25, 0.3) is 16.9 Å². The molecule has 7 nitrogen and oxygen atoms in total. The van der Waals surface area contributed by atoms with Crippen LogP contribution in [0.4, 0.5) is 5.82 Å². The smallest absolute Gasteiger partial charge is 0.161 e. The highest BCUT2D eigenvalue weighted by atomic mass is 16.5. The molecule has 0 spiro atoms. The van der Waals surface area contributed by atoms with Gasteiger partial charge in [-0.15, -0.1) is 0 Å². The van der Waals surface area contributed by atoms with E-state index in [0.29, 0.717) is 11.5 Å². The Morgan fingerprint density at radius 1 is 0.848 bits per heavy atom. The van der Waals surface area contributed by atoms with Gasteiger partial charge in [0.15, 0.2) is 17.1 Å². The highest BCUT2D eigenvalue weighted by Gasteiger charge is 2.21. The Bertz CT molecular complexity index is 1250. The van der Waals surface area contributed by atoms with Crippen molar-refractivity contribution >= 4 is 11.5 Å². The van der Waals surface area contributed by atoms with Gasteiger partial charge < -0.3 is 14.4 Å². The van der Waals surface area contributed by atoms with Crippen molar-refractivity contribution in [2.24, 2.45) is 0 Å². The first-order valence-corrected chi connectivity index (χ1v) is 11.3. The first-order chi connectivity index (χ1) is 16.1. The third kappa shape index (κ3) is 4.36. The zero-order valence-electron chi connectivity index (χ0n) is 19.4. The van der Waals surface area contributed by atoms with Crippen LogP contribution in [0, 0.1) is 6.92 Å². The van der Waals surface area contributed by atoms with E-state index in [2.05, 4.69) is 46.2 Å². The topological polar surface area (TPSA) is 55.1 Å². The lowest BCUT2D eigenvalue weighted by Crippen LogP contribution is -2.46. The second kappa shape index (κ2) is 9.11. The molecule has 5 rings (SSSR count). The van der Waals surface area contributed by atoms with Crippen LogP contribution in [0.3, 0.4) is 0 Å². The molecule has 1 aliphatic heterocycles. The Morgan fingerprint density at radius 3 is 2.33 bits per heavy atom. The molecule has 170 valence electrons. The van der Waals surface area contributed by atoms with Crippen molar-refractivity contribution < 1.29 is 9.47 Å². The third-order valence-corrected chi connectivity index (χ3v) is 6.16. The van der Waals surface area contributed by atoms with Gasteiger partial charge in [-0.3, -0.25) is 4.90 Å². The minimum absolute atomic E-state index is 0.686. The van der Waals surface area contributed by atoms with Crippen LogP contribution in [0.1, 0.15) is 11.3 Å². The average molecular weight is 444 g/mol. The molecule has 3 heterocycles. The number of benzene rings is 2. The van der Waals surface area contributed by atoms with E-state index in [1.54, 1.807) is 14.2 Å². The monoisotopic (exact) mass is 443 g/mol. The van der Waals surface area contributed by atoms with Crippen LogP contribution in [-0.2, 0) is 6.54 Å². The summed E-state index contributed by atoms with van der Waals surface area (Å²) >= 11 is 0. The van der Waals surface area contributed by atoms with E-state index < -0.39 is 0 Å². The number of anilines is 1. The molecule has 0 atom stereocenters. The number of nitrogens with zero attached hydrogens (tertiary/aromatic N) is 5. The fraction of sp³-hybridized carbons (Fsp3) is 0.308. The van der Waals surface area contributed by atoms with Gasteiger partial charge in [0.2, 0.25) is 0 Å². The van der Waals surface area contributed by atoms with Crippen LogP contribution >= 0.6 is 0 Å². The molecule has 7 heteroatoms. The zero-order valence-corrected chi connectivity index (χ0v) is 19.4. The molecule has 0 bridgehead atoms. The third-order valence-electron chi connectivity index (χ3n) is 6.16. The maximum absolute atomic E-state index is 5.47. The minimum Gasteiger partial charge on any atom is -0.493 e. The van der Waals surface area contributed by atoms with Gasteiger partial charge in [-0.2, -0.15) is 9.61 Å². The first-order valence-electron chi connectivity index (χ1n) is 11.3. The van der Waals surface area contributed by atoms with Crippen LogP contribution < -0.4 is 14.4 Å². The lowest BCUT2D eigenvalue weighted by molar-refractivity contribution is 0.249. The molecule has 0 aliphatic carbocycles. The minimum atomic E-state index is 0.686. The SMILES string of the molecule is COc1ccc(-c2cc3nc(C)cc(N4CCN(Cc5ccccc5)CC4)n3n2)cc1OC. The van der Waals surface area contributed by atoms with Crippen molar-refractivity contribution in [3.8, 4) is 22.8 Å². The fourth-order valence-electron chi connectivity index (χ4n) is 4.42. The summed E-state index contributed by atoms with van der Waals surface area (Å²) in [7, 11) is 3.28. The van der Waals surface area contributed by atoms with E-state index in [1.807, 2.05) is 35.7 Å². The first kappa shape index (κ1) is 21.3. The second-order valence-corrected chi connectivity index (χ2v) is 8.37. The van der Waals surface area contributed by atoms with Crippen molar-refractivity contribution in [1.82, 2.24) is 19.5 Å². The van der Waals surface area contributed by atoms with Crippen LogP contribution in [-0.4, -0.2) is 59.9 Å². The molecule has 0 saturated carbocycles. The number of rotatable bonds is 6. The van der Waals surface area contributed by atoms with E-state index >= 15 is 0 Å². The number of hydrogen-bond donors (Lipinski definition) is 0. The molecule has 0 radical (unpaired) electrons. The summed E-state index contributed by atoms with van der Waals surface area (Å²) in [5.41, 5.74) is 5.02. The van der Waals surface area contributed by atoms with Crippen LogP contribution in [0.15, 0.2) is 60.7 Å². The molecule has 2 aromatic carbocycles. The van der Waals surface area contributed by atoms with Crippen molar-refractivity contribution in [3.05, 3.63) is 71.9 Å². The van der Waals surface area contributed by atoms with E-state index in [1.165, 1.54) is 5.56 Å². The molecule has 4 aromatic rings. The largest absolute Gasteiger partial charge is 0.493 e. The summed E-state index contributed by atoms with van der Waals surface area (Å²) in [5, 5.41) is 4.92. The standard InChI is InChI=1S/C26H29N5O2/c1-19-15-26(30-13-11-29(12-14-30)18-20-7-5-4-6-8-20)31-25(27-19)17-22(28-31)21-9-10-23(32-2)24(16-21)33-3/h4-10,15-17H,11-14,18H2,1-3H3. The summed E-state index contributed by atoms with van der Waals surface area (Å²) in [6, 6.07) is 20.7. The van der Waals surface area contributed by atoms with Gasteiger partial charge in [-0.1, -0.05) is 30.3 Å². The highest BCUT2D eigenvalue weighted by molar-refractivity contribution is 5.68. The molecular formula is C26H29N5O2. The normalized spacial score (nSPS) is 14.6. The van der Waals surface area contributed by atoms with E-state index in [4.69, 9.17) is 19.6 Å². The predicted molar refractivity (Wildman–Crippen MR) is 130 cm³/mol. The van der Waals surface area contributed by atoms with Crippen molar-refractivity contribution in [1.29, 1.82) is 0 Å². The van der Waals surface area contributed by atoms with Crippen LogP contribution in [0.2, 0.25) is 0 Å². The summed E-state index contributed by atoms with van der Waals surface area (Å²) in [6.45, 7) is 6.97. The molecule has 2 aromatic heterocycles. The van der Waals surface area contributed by atoms with Crippen molar-refractivity contribution in [2.75, 3.05) is 45.3 Å². The Morgan fingerprint density at radius 2 is 1.61 bits per heavy atom. The number of ether oxygens (including phenoxy) is 2. The Hall–Kier alpha value is -3.58. The summed E-state index contributed by atoms with van der Waals surface area (Å²) in [5.74, 6) is 2.47. The molecule has 0 amide bonds. The van der Waals surface area contributed by atoms with Crippen molar-refractivity contribution in [2.45, 2.75) is 13.5 Å². The lowest BCUT2D eigenvalue weighted by atomic mass is 10.1. The Kier molecular flexibility index (Phi) is 5.88. The highest BCUT2D eigenvalue weighted by Crippen LogP contribution is 2.32. The number of aromatic nitrogens is 3. The van der Waals surface area contributed by atoms with Gasteiger partial charge in [-0.05, 0) is 30.7 Å². The van der Waals surface area contributed by atoms with E-state index in [-0.39, 0.29) is 0 Å². The van der Waals surface area contributed by atoms with Gasteiger partial charge in [0, 0.05) is 56.1 Å². The van der Waals surface area contributed by atoms with Gasteiger partial charge in [-0.25, -0.2) is 4.98 Å². The summed E-state index contributed by atoms with van der Waals surface area (Å²) in [6.07, 6.45) is 0. The number of hydrogen-bond acceptors (Lipinski definition) is 6. The maximum Gasteiger partial charge on any atom is 0.161 e. The fourth-order valence-corrected chi connectivity index (χ4v) is 4.42. The molecule has 33 heavy (non-hydrogen) atoms. The molecule has 1 saturated heterocycles. The molecule has 0 N–H and O–H groups in total. The second-order valence-electron chi connectivity index (χ2n) is 8.37. The van der Waals surface area contributed by atoms with Gasteiger partial charge in [0.25, 0.3) is 0 Å². The zero-order chi connectivity index (χ0) is 22.8. The number of methoxy groups -OCH3 is 2. The van der Waals surface area contributed by atoms with Crippen LogP contribution in [0.5, 0.6) is 11.5 Å². The molecule has 1 fully saturated rings. The summed E-state index contributed by atoms with van der Waals surface area (Å²) in [4.78, 5) is 9.65.